The lowest BCUT2D eigenvalue weighted by Gasteiger charge is -2.48. The topological polar surface area (TPSA) is 156 Å². The number of imide groups is 1. The van der Waals surface area contributed by atoms with Crippen LogP contribution in [0.3, 0.4) is 0 Å². The van der Waals surface area contributed by atoms with Crippen molar-refractivity contribution in [3.05, 3.63) is 65.7 Å². The van der Waals surface area contributed by atoms with E-state index in [0.29, 0.717) is 102 Å². The lowest BCUT2D eigenvalue weighted by atomic mass is 9.72. The number of pyridine rings is 1. The van der Waals surface area contributed by atoms with E-state index in [1.54, 1.807) is 6.07 Å². The van der Waals surface area contributed by atoms with Crippen LogP contribution in [0.25, 0.3) is 22.3 Å². The van der Waals surface area contributed by atoms with E-state index >= 15 is 9.18 Å². The van der Waals surface area contributed by atoms with Gasteiger partial charge < -0.3 is 34.4 Å². The maximum Gasteiger partial charge on any atom is 0.238 e. The van der Waals surface area contributed by atoms with Crippen molar-refractivity contribution in [2.45, 2.75) is 153 Å². The number of imidazole rings is 1. The van der Waals surface area contributed by atoms with Gasteiger partial charge >= 0.3 is 0 Å². The molecule has 5 saturated heterocycles. The summed E-state index contributed by atoms with van der Waals surface area (Å²) in [6.45, 7) is 12.0. The molecule has 15 nitrogen and oxygen atoms in total. The Labute approximate surface area is 427 Å². The van der Waals surface area contributed by atoms with Gasteiger partial charge in [0.15, 0.2) is 5.82 Å². The number of rotatable bonds is 10. The van der Waals surface area contributed by atoms with Gasteiger partial charge in [-0.3, -0.25) is 29.3 Å². The van der Waals surface area contributed by atoms with Gasteiger partial charge in [0.05, 0.1) is 28.9 Å². The molecule has 2 aromatic heterocycles. The summed E-state index contributed by atoms with van der Waals surface area (Å²) >= 11 is 0. The van der Waals surface area contributed by atoms with Gasteiger partial charge in [-0.1, -0.05) is 31.5 Å². The molecule has 12 rings (SSSR count). The molecule has 2 N–H and O–H groups in total. The lowest BCUT2D eigenvalue weighted by molar-refractivity contribution is -0.150. The molecular formula is C57H71FN10O5. The van der Waals surface area contributed by atoms with E-state index in [4.69, 9.17) is 9.97 Å². The van der Waals surface area contributed by atoms with Crippen LogP contribution in [0.15, 0.2) is 48.8 Å². The van der Waals surface area contributed by atoms with Crippen LogP contribution in [0.4, 0.5) is 21.6 Å². The second-order valence-corrected chi connectivity index (χ2v) is 23.4. The number of amides is 5. The number of carbonyl (C=O) groups is 5. The van der Waals surface area contributed by atoms with E-state index in [1.807, 2.05) is 22.2 Å². The first kappa shape index (κ1) is 48.1. The fraction of sp³-hybridized carbons (Fsp3) is 0.596. The van der Waals surface area contributed by atoms with Crippen molar-refractivity contribution in [3.8, 4) is 11.3 Å². The van der Waals surface area contributed by atoms with E-state index in [9.17, 15) is 19.2 Å². The quantitative estimate of drug-likeness (QED) is 0.151. The first-order valence-corrected chi connectivity index (χ1v) is 27.6. The summed E-state index contributed by atoms with van der Waals surface area (Å²) in [5.74, 6) is -0.778. The monoisotopic (exact) mass is 995 g/mol. The second-order valence-electron chi connectivity index (χ2n) is 23.4. The fourth-order valence-corrected chi connectivity index (χ4v) is 13.6. The first-order chi connectivity index (χ1) is 35.3. The Bertz CT molecular complexity index is 2840. The van der Waals surface area contributed by atoms with Gasteiger partial charge in [0.25, 0.3) is 0 Å². The van der Waals surface area contributed by atoms with Gasteiger partial charge in [0.2, 0.25) is 29.5 Å². The molecule has 2 saturated carbocycles. The van der Waals surface area contributed by atoms with Crippen LogP contribution in [-0.4, -0.2) is 129 Å². The molecule has 6 aliphatic heterocycles. The highest BCUT2D eigenvalue weighted by Crippen LogP contribution is 2.53. The molecule has 4 aromatic rings. The van der Waals surface area contributed by atoms with Crippen LogP contribution >= 0.6 is 0 Å². The third-order valence-electron chi connectivity index (χ3n) is 18.5. The number of carbonyl (C=O) groups excluding carboxylic acids is 5. The van der Waals surface area contributed by atoms with Crippen molar-refractivity contribution < 1.29 is 28.4 Å². The number of hydrogen-bond acceptors (Lipinski definition) is 10. The Balaban J connectivity index is 0.706. The highest BCUT2D eigenvalue weighted by molar-refractivity contribution is 6.09. The van der Waals surface area contributed by atoms with Gasteiger partial charge in [-0.2, -0.15) is 0 Å². The summed E-state index contributed by atoms with van der Waals surface area (Å²) in [5.41, 5.74) is 5.55. The molecule has 1 unspecified atom stereocenters. The molecule has 1 spiro atoms. The van der Waals surface area contributed by atoms with E-state index in [2.05, 4.69) is 74.9 Å². The van der Waals surface area contributed by atoms with E-state index in [-0.39, 0.29) is 48.1 Å². The molecule has 73 heavy (non-hydrogen) atoms. The zero-order valence-electron chi connectivity index (χ0n) is 42.8. The van der Waals surface area contributed by atoms with Crippen LogP contribution in [0, 0.1) is 17.2 Å². The van der Waals surface area contributed by atoms with Gasteiger partial charge in [-0.05, 0) is 140 Å². The Kier molecular flexibility index (Phi) is 12.4. The maximum absolute atomic E-state index is 15.3. The number of benzene rings is 2. The number of likely N-dealkylation sites (tertiary alicyclic amines) is 3. The number of nitrogens with one attached hydrogen (secondary N) is 2. The molecule has 8 heterocycles. The zero-order chi connectivity index (χ0) is 50.3. The maximum atomic E-state index is 15.3. The second kappa shape index (κ2) is 18.8. The van der Waals surface area contributed by atoms with Crippen LogP contribution in [0.1, 0.15) is 140 Å². The summed E-state index contributed by atoms with van der Waals surface area (Å²) in [4.78, 5) is 88.8. The number of hydrogen-bond donors (Lipinski definition) is 2. The number of nitrogens with zero attached hydrogens (tertiary/aromatic N) is 8. The highest BCUT2D eigenvalue weighted by atomic mass is 19.1. The molecule has 5 amide bonds. The average molecular weight is 995 g/mol. The Morgan fingerprint density at radius 2 is 1.53 bits per heavy atom. The summed E-state index contributed by atoms with van der Waals surface area (Å²) in [7, 11) is 0. The molecule has 0 bridgehead atoms. The van der Waals surface area contributed by atoms with Crippen molar-refractivity contribution in [2.75, 3.05) is 67.5 Å². The third kappa shape index (κ3) is 8.66. The summed E-state index contributed by atoms with van der Waals surface area (Å²) in [5, 5.41) is 6.02. The molecular weight excluding hydrogens is 924 g/mol. The smallest absolute Gasteiger partial charge is 0.238 e. The molecule has 386 valence electrons. The summed E-state index contributed by atoms with van der Waals surface area (Å²) in [6.07, 6.45) is 14.0. The Morgan fingerprint density at radius 3 is 2.22 bits per heavy atom. The molecule has 8 aliphatic rings. The zero-order valence-corrected chi connectivity index (χ0v) is 42.8. The molecule has 7 fully saturated rings. The van der Waals surface area contributed by atoms with Crippen molar-refractivity contribution in [1.29, 1.82) is 0 Å². The minimum absolute atomic E-state index is 0.122. The average Bonchev–Trinajstić information content (AvgIpc) is 4.05. The van der Waals surface area contributed by atoms with Crippen LogP contribution in [-0.2, 0) is 29.4 Å². The third-order valence-corrected chi connectivity index (χ3v) is 18.5. The standard InChI is InChI=1S/C57H71FN10O5/c1-35(2)67-34-59-47-33-46(61-51(50(47)67)60-38-8-9-38)37-7-13-44-48(29-37)68(41-30-40(31-41)63-21-5-4-6-22-63)55(73)57(44)19-27-66(28-20-57)54(72)56(3)17-25-65(26-18-56)53(71)36-15-23-64(24-16-36)39-10-11-42(45(58)32-39)43-12-14-49(69)62-52(43)70/h7,10-11,13,29,32-36,38,40-41,43H,4-6,8-9,12,14-28,30-31H2,1-3H3,(H,60,61)(H,62,69,70)/t40-,41+,43?. The number of fused-ring (bicyclic) bond motifs is 3. The molecule has 1 atom stereocenters. The van der Waals surface area contributed by atoms with Crippen molar-refractivity contribution in [2.24, 2.45) is 11.3 Å². The first-order valence-electron chi connectivity index (χ1n) is 27.6. The van der Waals surface area contributed by atoms with Gasteiger partial charge in [-0.15, -0.1) is 0 Å². The van der Waals surface area contributed by atoms with Crippen molar-refractivity contribution in [1.82, 2.24) is 34.6 Å². The highest BCUT2D eigenvalue weighted by Gasteiger charge is 2.57. The van der Waals surface area contributed by atoms with Gasteiger partial charge in [0.1, 0.15) is 11.3 Å². The van der Waals surface area contributed by atoms with E-state index in [1.165, 1.54) is 25.3 Å². The van der Waals surface area contributed by atoms with Crippen LogP contribution < -0.4 is 20.4 Å². The van der Waals surface area contributed by atoms with E-state index < -0.39 is 28.5 Å². The van der Waals surface area contributed by atoms with E-state index in [0.717, 1.165) is 83.8 Å². The fourth-order valence-electron chi connectivity index (χ4n) is 13.6. The predicted octanol–water partition coefficient (Wildman–Crippen LogP) is 7.68. The number of anilines is 3. The van der Waals surface area contributed by atoms with Crippen molar-refractivity contribution in [3.63, 3.8) is 0 Å². The summed E-state index contributed by atoms with van der Waals surface area (Å²) < 4.78 is 17.5. The van der Waals surface area contributed by atoms with Crippen LogP contribution in [0.2, 0.25) is 0 Å². The molecule has 16 heteroatoms. The van der Waals surface area contributed by atoms with Crippen molar-refractivity contribution >= 4 is 57.8 Å². The largest absolute Gasteiger partial charge is 0.371 e. The lowest BCUT2D eigenvalue weighted by Crippen LogP contribution is -2.59. The Hall–Kier alpha value is -5.90. The van der Waals surface area contributed by atoms with Gasteiger partial charge in [0, 0.05) is 104 Å². The number of halogens is 1. The predicted molar refractivity (Wildman–Crippen MR) is 278 cm³/mol. The normalized spacial score (nSPS) is 25.6. The minimum atomic E-state index is -0.702. The molecule has 2 aliphatic carbocycles. The molecule has 0 radical (unpaired) electrons. The SMILES string of the molecule is CC(C)n1cnc2cc(-c3ccc4c(c3)N([C@H]3C[C@@H](N5CCCCC5)C3)C(=O)C43CCN(C(=O)C4(C)CCN(C(=O)C5CCN(c6ccc(C7CCC(=O)NC7=O)c(F)c6)CC5)CC4)CC3)nc(NC3CC3)c21. The van der Waals surface area contributed by atoms with Gasteiger partial charge in [-0.25, -0.2) is 14.4 Å². The number of aromatic nitrogens is 3. The molecule has 2 aromatic carbocycles. The Morgan fingerprint density at radius 1 is 0.808 bits per heavy atom. The number of piperidine rings is 5. The summed E-state index contributed by atoms with van der Waals surface area (Å²) in [6, 6.07) is 14.9. The van der Waals surface area contributed by atoms with Crippen LogP contribution in [0.5, 0.6) is 0 Å². The minimum Gasteiger partial charge on any atom is -0.371 e.